The van der Waals surface area contributed by atoms with Crippen LogP contribution in [0, 0.1) is 0 Å². The molecule has 0 radical (unpaired) electrons. The summed E-state index contributed by atoms with van der Waals surface area (Å²) in [5, 5.41) is 0.642. The summed E-state index contributed by atoms with van der Waals surface area (Å²) in [4.78, 5) is 29.7. The minimum absolute atomic E-state index is 0.0541. The number of halogens is 1. The number of guanidine groups is 1. The fourth-order valence-electron chi connectivity index (χ4n) is 2.29. The molecule has 1 amide bonds. The minimum atomic E-state index is -1.06. The predicted molar refractivity (Wildman–Crippen MR) is 82.2 cm³/mol. The van der Waals surface area contributed by atoms with Gasteiger partial charge in [-0.05, 0) is 31.0 Å². The topological polar surface area (TPSA) is 75.8 Å². The molecule has 1 aliphatic rings. The number of carbonyl (C=O) groups excluding carboxylic acids is 2. The third-order valence-electron chi connectivity index (χ3n) is 3.70. The first-order valence-corrected chi connectivity index (χ1v) is 7.09. The normalized spacial score (nSPS) is 22.1. The molecule has 112 valence electrons. The third kappa shape index (κ3) is 3.42. The summed E-state index contributed by atoms with van der Waals surface area (Å²) in [6, 6.07) is 7.38. The van der Waals surface area contributed by atoms with Crippen molar-refractivity contribution in [3.05, 3.63) is 34.9 Å². The lowest BCUT2D eigenvalue weighted by atomic mass is 9.88. The highest BCUT2D eigenvalue weighted by molar-refractivity contribution is 6.30. The van der Waals surface area contributed by atoms with E-state index >= 15 is 0 Å². The van der Waals surface area contributed by atoms with Crippen LogP contribution in [0.3, 0.4) is 0 Å². The molecule has 1 atom stereocenters. The first-order chi connectivity index (χ1) is 9.82. The van der Waals surface area contributed by atoms with Crippen molar-refractivity contribution in [3.63, 3.8) is 0 Å². The van der Waals surface area contributed by atoms with Crippen LogP contribution in [0.15, 0.2) is 29.3 Å². The average molecular weight is 308 g/mol. The van der Waals surface area contributed by atoms with Gasteiger partial charge in [-0.25, -0.2) is 4.99 Å². The first kappa shape index (κ1) is 15.5. The van der Waals surface area contributed by atoms with E-state index in [0.29, 0.717) is 17.9 Å². The van der Waals surface area contributed by atoms with Gasteiger partial charge in [0, 0.05) is 18.5 Å². The molecular formula is C15H18ClN3O2. The van der Waals surface area contributed by atoms with Crippen molar-refractivity contribution in [2.75, 3.05) is 7.05 Å². The molecule has 6 heteroatoms. The van der Waals surface area contributed by atoms with Crippen LogP contribution in [-0.4, -0.2) is 35.1 Å². The van der Waals surface area contributed by atoms with E-state index in [-0.39, 0.29) is 24.1 Å². The van der Waals surface area contributed by atoms with Gasteiger partial charge in [0.15, 0.2) is 11.7 Å². The maximum Gasteiger partial charge on any atom is 0.231 e. The first-order valence-electron chi connectivity index (χ1n) is 6.71. The van der Waals surface area contributed by atoms with Gasteiger partial charge in [-0.15, -0.1) is 0 Å². The average Bonchev–Trinajstić information content (AvgIpc) is 2.42. The number of hydrogen-bond acceptors (Lipinski definition) is 4. The second kappa shape index (κ2) is 5.85. The van der Waals surface area contributed by atoms with Crippen LogP contribution in [0.25, 0.3) is 0 Å². The molecule has 0 saturated carbocycles. The van der Waals surface area contributed by atoms with Crippen LogP contribution in [0.4, 0.5) is 0 Å². The van der Waals surface area contributed by atoms with E-state index in [1.54, 1.807) is 20.0 Å². The maximum absolute atomic E-state index is 12.4. The third-order valence-corrected chi connectivity index (χ3v) is 3.94. The Morgan fingerprint density at radius 1 is 1.52 bits per heavy atom. The van der Waals surface area contributed by atoms with Crippen molar-refractivity contribution in [2.24, 2.45) is 10.7 Å². The summed E-state index contributed by atoms with van der Waals surface area (Å²) in [5.74, 6) is -0.196. The number of nitrogens with zero attached hydrogens (tertiary/aromatic N) is 2. The molecule has 0 fully saturated rings. The molecule has 0 aliphatic carbocycles. The van der Waals surface area contributed by atoms with Crippen molar-refractivity contribution >= 4 is 29.3 Å². The summed E-state index contributed by atoms with van der Waals surface area (Å²) < 4.78 is 0. The Bertz CT molecular complexity index is 615. The number of benzene rings is 1. The lowest BCUT2D eigenvalue weighted by Gasteiger charge is -2.32. The van der Waals surface area contributed by atoms with Gasteiger partial charge < -0.3 is 5.73 Å². The van der Waals surface area contributed by atoms with Crippen molar-refractivity contribution < 1.29 is 9.59 Å². The van der Waals surface area contributed by atoms with E-state index in [1.807, 2.05) is 18.2 Å². The van der Waals surface area contributed by atoms with Crippen molar-refractivity contribution in [3.8, 4) is 0 Å². The summed E-state index contributed by atoms with van der Waals surface area (Å²) in [7, 11) is 1.55. The van der Waals surface area contributed by atoms with Crippen LogP contribution in [-0.2, 0) is 16.0 Å². The Morgan fingerprint density at radius 3 is 2.86 bits per heavy atom. The SMILES string of the molecule is CN1C(=O)C[C@@](C)(C(=O)CCc2cccc(Cl)c2)N=C1N. The van der Waals surface area contributed by atoms with Gasteiger partial charge in [0.25, 0.3) is 0 Å². The molecule has 2 N–H and O–H groups in total. The van der Waals surface area contributed by atoms with E-state index in [9.17, 15) is 9.59 Å². The zero-order valence-corrected chi connectivity index (χ0v) is 12.9. The van der Waals surface area contributed by atoms with E-state index in [4.69, 9.17) is 17.3 Å². The number of aliphatic imine (C=N–C) groups is 1. The fraction of sp³-hybridized carbons (Fsp3) is 0.400. The molecule has 0 unspecified atom stereocenters. The van der Waals surface area contributed by atoms with Gasteiger partial charge in [-0.2, -0.15) is 0 Å². The number of nitrogens with two attached hydrogens (primary N) is 1. The highest BCUT2D eigenvalue weighted by atomic mass is 35.5. The van der Waals surface area contributed by atoms with E-state index in [1.165, 1.54) is 4.90 Å². The number of hydrogen-bond donors (Lipinski definition) is 1. The predicted octanol–water partition coefficient (Wildman–Crippen LogP) is 1.78. The Morgan fingerprint density at radius 2 is 2.24 bits per heavy atom. The smallest absolute Gasteiger partial charge is 0.231 e. The Balaban J connectivity index is 2.08. The van der Waals surface area contributed by atoms with Crippen LogP contribution in [0.1, 0.15) is 25.3 Å². The molecular weight excluding hydrogens is 290 g/mol. The van der Waals surface area contributed by atoms with Crippen LogP contribution >= 0.6 is 11.6 Å². The fourth-order valence-corrected chi connectivity index (χ4v) is 2.50. The lowest BCUT2D eigenvalue weighted by molar-refractivity contribution is -0.133. The summed E-state index contributed by atoms with van der Waals surface area (Å²) in [6.07, 6.45) is 0.914. The standard InChI is InChI=1S/C15H18ClN3O2/c1-15(9-13(21)19(2)14(17)18-15)12(20)7-6-10-4-3-5-11(16)8-10/h3-5,8H,6-7,9H2,1-2H3,(H2,17,18)/t15-/m0/s1. The number of Topliss-reactive ketones (excluding diaryl/α,β-unsaturated/α-hetero) is 1. The van der Waals surface area contributed by atoms with Gasteiger partial charge in [0.2, 0.25) is 5.91 Å². The number of ketones is 1. The zero-order valence-electron chi connectivity index (χ0n) is 12.1. The molecule has 1 aromatic rings. The Labute approximate surface area is 128 Å². The number of amides is 1. The molecule has 0 bridgehead atoms. The largest absolute Gasteiger partial charge is 0.369 e. The van der Waals surface area contributed by atoms with Gasteiger partial charge in [0.05, 0.1) is 6.42 Å². The second-order valence-electron chi connectivity index (χ2n) is 5.43. The lowest BCUT2D eigenvalue weighted by Crippen LogP contribution is -2.51. The molecule has 5 nitrogen and oxygen atoms in total. The zero-order chi connectivity index (χ0) is 15.6. The Kier molecular flexibility index (Phi) is 4.32. The molecule has 1 heterocycles. The molecule has 0 aromatic heterocycles. The van der Waals surface area contributed by atoms with E-state index in [0.717, 1.165) is 5.56 Å². The van der Waals surface area contributed by atoms with Gasteiger partial charge >= 0.3 is 0 Å². The minimum Gasteiger partial charge on any atom is -0.369 e. The molecule has 2 rings (SSSR count). The van der Waals surface area contributed by atoms with Crippen LogP contribution < -0.4 is 5.73 Å². The van der Waals surface area contributed by atoms with Crippen molar-refractivity contribution in [1.82, 2.24) is 4.90 Å². The van der Waals surface area contributed by atoms with Crippen molar-refractivity contribution in [1.29, 1.82) is 0 Å². The van der Waals surface area contributed by atoms with Gasteiger partial charge in [0.1, 0.15) is 5.54 Å². The van der Waals surface area contributed by atoms with E-state index < -0.39 is 5.54 Å². The molecule has 21 heavy (non-hydrogen) atoms. The highest BCUT2D eigenvalue weighted by Crippen LogP contribution is 2.25. The Hall–Kier alpha value is -1.88. The van der Waals surface area contributed by atoms with Gasteiger partial charge in [-0.3, -0.25) is 14.5 Å². The summed E-state index contributed by atoms with van der Waals surface area (Å²) in [5.41, 5.74) is 5.61. The molecule has 1 aliphatic heterocycles. The second-order valence-corrected chi connectivity index (χ2v) is 5.86. The van der Waals surface area contributed by atoms with Crippen LogP contribution in [0.2, 0.25) is 5.02 Å². The molecule has 0 saturated heterocycles. The number of rotatable bonds is 4. The van der Waals surface area contributed by atoms with E-state index in [2.05, 4.69) is 4.99 Å². The summed E-state index contributed by atoms with van der Waals surface area (Å²) >= 11 is 5.92. The molecule has 1 aromatic carbocycles. The number of carbonyl (C=O) groups is 2. The summed E-state index contributed by atoms with van der Waals surface area (Å²) in [6.45, 7) is 1.66. The van der Waals surface area contributed by atoms with Crippen molar-refractivity contribution in [2.45, 2.75) is 31.7 Å². The number of aryl methyl sites for hydroxylation is 1. The monoisotopic (exact) mass is 307 g/mol. The van der Waals surface area contributed by atoms with Gasteiger partial charge in [-0.1, -0.05) is 23.7 Å². The highest BCUT2D eigenvalue weighted by Gasteiger charge is 2.39. The molecule has 0 spiro atoms. The van der Waals surface area contributed by atoms with Crippen LogP contribution in [0.5, 0.6) is 0 Å². The maximum atomic E-state index is 12.4. The quantitative estimate of drug-likeness (QED) is 0.921.